The van der Waals surface area contributed by atoms with Crippen molar-refractivity contribution in [1.29, 1.82) is 0 Å². The maximum Gasteiger partial charge on any atom is 0.306 e. The molecule has 1 N–H and O–H groups in total. The zero-order valence-corrected chi connectivity index (χ0v) is 14.7. The van der Waals surface area contributed by atoms with E-state index in [1.54, 1.807) is 6.07 Å². The number of carbonyl (C=O) groups is 2. The van der Waals surface area contributed by atoms with Gasteiger partial charge < -0.3 is 10.1 Å². The lowest BCUT2D eigenvalue weighted by Crippen LogP contribution is -2.15. The third kappa shape index (κ3) is 5.70. The first kappa shape index (κ1) is 19.1. The molecule has 2 aromatic rings. The molecule has 0 fully saturated rings. The molecular weight excluding hydrogens is 336 g/mol. The first-order valence-corrected chi connectivity index (χ1v) is 8.11. The Morgan fingerprint density at radius 1 is 1.12 bits per heavy atom. The Morgan fingerprint density at radius 3 is 2.62 bits per heavy atom. The second-order valence-electron chi connectivity index (χ2n) is 5.95. The Morgan fingerprint density at radius 2 is 1.88 bits per heavy atom. The van der Waals surface area contributed by atoms with Gasteiger partial charge in [0.15, 0.2) is 0 Å². The summed E-state index contributed by atoms with van der Waals surface area (Å²) < 4.78 is 5.06. The van der Waals surface area contributed by atoms with Crippen molar-refractivity contribution in [2.24, 2.45) is 0 Å². The fraction of sp³-hybridized carbons (Fsp3) is 0.263. The molecule has 0 aromatic heterocycles. The molecule has 0 heterocycles. The second-order valence-corrected chi connectivity index (χ2v) is 5.95. The molecule has 7 nitrogen and oxygen atoms in total. The van der Waals surface area contributed by atoms with Gasteiger partial charge in [-0.25, -0.2) is 0 Å². The third-order valence-electron chi connectivity index (χ3n) is 3.74. The van der Waals surface area contributed by atoms with Gasteiger partial charge in [0.05, 0.1) is 11.3 Å². The van der Waals surface area contributed by atoms with Crippen molar-refractivity contribution in [2.45, 2.75) is 33.3 Å². The van der Waals surface area contributed by atoms with Crippen molar-refractivity contribution in [2.75, 3.05) is 5.32 Å². The number of non-ortho nitro benzene ring substituents is 1. The number of amides is 1. The summed E-state index contributed by atoms with van der Waals surface area (Å²) in [6.07, 6.45) is -0.0627. The Labute approximate surface area is 151 Å². The van der Waals surface area contributed by atoms with Crippen LogP contribution in [0.1, 0.15) is 29.5 Å². The lowest BCUT2D eigenvalue weighted by atomic mass is 10.1. The van der Waals surface area contributed by atoms with Crippen LogP contribution in [0.4, 0.5) is 11.4 Å². The van der Waals surface area contributed by atoms with E-state index in [0.717, 1.165) is 16.8 Å². The summed E-state index contributed by atoms with van der Waals surface area (Å²) in [5.74, 6) is -0.807. The lowest BCUT2D eigenvalue weighted by molar-refractivity contribution is -0.384. The summed E-state index contributed by atoms with van der Waals surface area (Å²) in [6.45, 7) is 3.75. The molecule has 0 aliphatic carbocycles. The zero-order valence-electron chi connectivity index (χ0n) is 14.7. The molecule has 0 spiro atoms. The quantitative estimate of drug-likeness (QED) is 0.463. The van der Waals surface area contributed by atoms with Crippen LogP contribution in [0.5, 0.6) is 0 Å². The first-order valence-electron chi connectivity index (χ1n) is 8.11. The molecular formula is C19H20N2O5. The predicted molar refractivity (Wildman–Crippen MR) is 96.7 cm³/mol. The maximum absolute atomic E-state index is 12.0. The lowest BCUT2D eigenvalue weighted by Gasteiger charge is -2.09. The molecule has 0 bridgehead atoms. The van der Waals surface area contributed by atoms with E-state index in [1.807, 2.05) is 32.0 Å². The van der Waals surface area contributed by atoms with Crippen LogP contribution >= 0.6 is 0 Å². The van der Waals surface area contributed by atoms with Crippen LogP contribution in [0, 0.1) is 24.0 Å². The number of carbonyl (C=O) groups excluding carboxylic acids is 2. The largest absolute Gasteiger partial charge is 0.461 e. The number of hydrogen-bond donors (Lipinski definition) is 1. The van der Waals surface area contributed by atoms with Crippen LogP contribution in [0.3, 0.4) is 0 Å². The summed E-state index contributed by atoms with van der Waals surface area (Å²) in [5.41, 5.74) is 3.15. The number of hydrogen-bond acceptors (Lipinski definition) is 5. The topological polar surface area (TPSA) is 98.5 Å². The minimum atomic E-state index is -0.535. The van der Waals surface area contributed by atoms with Crippen LogP contribution in [-0.2, 0) is 20.9 Å². The molecule has 0 aliphatic rings. The Hall–Kier alpha value is -3.22. The second kappa shape index (κ2) is 8.75. The average Bonchev–Trinajstić information content (AvgIpc) is 2.61. The number of nitrogens with one attached hydrogen (secondary N) is 1. The fourth-order valence-electron chi connectivity index (χ4n) is 2.29. The molecule has 0 atom stereocenters. The van der Waals surface area contributed by atoms with Gasteiger partial charge in [-0.2, -0.15) is 0 Å². The van der Waals surface area contributed by atoms with E-state index in [9.17, 15) is 19.7 Å². The fourth-order valence-corrected chi connectivity index (χ4v) is 2.29. The van der Waals surface area contributed by atoms with Crippen LogP contribution < -0.4 is 5.32 Å². The highest BCUT2D eigenvalue weighted by Crippen LogP contribution is 2.17. The zero-order chi connectivity index (χ0) is 19.1. The van der Waals surface area contributed by atoms with Crippen molar-refractivity contribution in [3.63, 3.8) is 0 Å². The van der Waals surface area contributed by atoms with Gasteiger partial charge >= 0.3 is 5.97 Å². The normalized spacial score (nSPS) is 10.2. The number of nitro benzene ring substituents is 1. The highest BCUT2D eigenvalue weighted by molar-refractivity contribution is 5.93. The minimum absolute atomic E-state index is 0.00114. The van der Waals surface area contributed by atoms with Gasteiger partial charge in [-0.3, -0.25) is 19.7 Å². The highest BCUT2D eigenvalue weighted by Gasteiger charge is 2.11. The number of esters is 1. The van der Waals surface area contributed by atoms with E-state index < -0.39 is 10.9 Å². The number of anilines is 1. The van der Waals surface area contributed by atoms with Crippen LogP contribution in [-0.4, -0.2) is 16.8 Å². The van der Waals surface area contributed by atoms with Gasteiger partial charge in [0, 0.05) is 24.2 Å². The average molecular weight is 356 g/mol. The van der Waals surface area contributed by atoms with Crippen LogP contribution in [0.25, 0.3) is 0 Å². The molecule has 2 rings (SSSR count). The Balaban J connectivity index is 1.79. The molecule has 7 heteroatoms. The molecule has 0 saturated carbocycles. The molecule has 2 aromatic carbocycles. The number of benzene rings is 2. The van der Waals surface area contributed by atoms with Gasteiger partial charge in [-0.1, -0.05) is 24.3 Å². The van der Waals surface area contributed by atoms with Gasteiger partial charge in [-0.15, -0.1) is 0 Å². The highest BCUT2D eigenvalue weighted by atomic mass is 16.6. The predicted octanol–water partition coefficient (Wildman–Crippen LogP) is 3.67. The van der Waals surface area contributed by atoms with E-state index in [2.05, 4.69) is 5.32 Å². The molecule has 0 saturated heterocycles. The molecule has 1 amide bonds. The SMILES string of the molecule is Cc1ccc(C)c(NC(=O)CCC(=O)OCc2cccc([N+](=O)[O-])c2)c1. The number of nitro groups is 1. The first-order chi connectivity index (χ1) is 12.3. The van der Waals surface area contributed by atoms with E-state index >= 15 is 0 Å². The van der Waals surface area contributed by atoms with Gasteiger partial charge in [-0.05, 0) is 36.6 Å². The van der Waals surface area contributed by atoms with Crippen molar-refractivity contribution < 1.29 is 19.2 Å². The van der Waals surface area contributed by atoms with Crippen LogP contribution in [0.2, 0.25) is 0 Å². The number of ether oxygens (including phenoxy) is 1. The summed E-state index contributed by atoms with van der Waals surface area (Å²) in [6, 6.07) is 11.6. The van der Waals surface area contributed by atoms with E-state index in [0.29, 0.717) is 5.56 Å². The Bertz CT molecular complexity index is 832. The smallest absolute Gasteiger partial charge is 0.306 e. The van der Waals surface area contributed by atoms with Crippen molar-refractivity contribution in [3.05, 3.63) is 69.3 Å². The van der Waals surface area contributed by atoms with Crippen LogP contribution in [0.15, 0.2) is 42.5 Å². The summed E-state index contributed by atoms with van der Waals surface area (Å²) in [7, 11) is 0. The number of aryl methyl sites for hydroxylation is 2. The van der Waals surface area contributed by atoms with Gasteiger partial charge in [0.2, 0.25) is 5.91 Å². The molecule has 26 heavy (non-hydrogen) atoms. The monoisotopic (exact) mass is 356 g/mol. The molecule has 0 unspecified atom stereocenters. The van der Waals surface area contributed by atoms with Gasteiger partial charge in [0.25, 0.3) is 5.69 Å². The number of nitrogens with zero attached hydrogens (tertiary/aromatic N) is 1. The maximum atomic E-state index is 12.0. The number of rotatable bonds is 7. The summed E-state index contributed by atoms with van der Waals surface area (Å²) in [5, 5.41) is 13.5. The van der Waals surface area contributed by atoms with Crippen molar-refractivity contribution in [3.8, 4) is 0 Å². The van der Waals surface area contributed by atoms with E-state index in [1.165, 1.54) is 18.2 Å². The molecule has 136 valence electrons. The Kier molecular flexibility index (Phi) is 6.43. The molecule has 0 aliphatic heterocycles. The summed E-state index contributed by atoms with van der Waals surface area (Å²) >= 11 is 0. The minimum Gasteiger partial charge on any atom is -0.461 e. The van der Waals surface area contributed by atoms with Crippen molar-refractivity contribution in [1.82, 2.24) is 0 Å². The van der Waals surface area contributed by atoms with E-state index in [4.69, 9.17) is 4.74 Å². The third-order valence-corrected chi connectivity index (χ3v) is 3.74. The summed E-state index contributed by atoms with van der Waals surface area (Å²) in [4.78, 5) is 34.0. The standard InChI is InChI=1S/C19H20N2O5/c1-13-6-7-14(2)17(10-13)20-18(22)8-9-19(23)26-12-15-4-3-5-16(11-15)21(24)25/h3-7,10-11H,8-9,12H2,1-2H3,(H,20,22). The van der Waals surface area contributed by atoms with Gasteiger partial charge in [0.1, 0.15) is 6.61 Å². The molecule has 0 radical (unpaired) electrons. The van der Waals surface area contributed by atoms with E-state index in [-0.39, 0.29) is 31.0 Å². The van der Waals surface area contributed by atoms with Crippen molar-refractivity contribution >= 4 is 23.3 Å².